The van der Waals surface area contributed by atoms with Gasteiger partial charge in [-0.05, 0) is 60.9 Å². The van der Waals surface area contributed by atoms with Crippen molar-refractivity contribution < 1.29 is 14.4 Å². The molecule has 0 radical (unpaired) electrons. The van der Waals surface area contributed by atoms with Crippen molar-refractivity contribution in [2.24, 2.45) is 0 Å². The number of halogens is 1. The normalized spacial score (nSPS) is 24.3. The number of carbonyl (C=O) groups excluding carboxylic acids is 3. The standard InChI is InChI=1S/C27H30ClN3O3/c28-23-8-4-3-7-22(23)27(18-25(33)31(26(27)34)21-5-1-2-6-21)17-24(32)30-15-11-20(12-16-30)19-9-13-29-14-10-19/h3-4,7-10,13-14,20-21H,1-2,5-6,11-12,15-18H2/t27-/m0/s1. The van der Waals surface area contributed by atoms with Gasteiger partial charge in [0.15, 0.2) is 0 Å². The Morgan fingerprint density at radius 1 is 1.00 bits per heavy atom. The molecule has 3 aliphatic rings. The molecule has 0 unspecified atom stereocenters. The molecule has 7 heteroatoms. The number of rotatable bonds is 5. The molecule has 34 heavy (non-hydrogen) atoms. The van der Waals surface area contributed by atoms with E-state index >= 15 is 0 Å². The third-order valence-electron chi connectivity index (χ3n) is 7.91. The minimum atomic E-state index is -1.23. The monoisotopic (exact) mass is 479 g/mol. The number of benzene rings is 1. The number of amides is 3. The quantitative estimate of drug-likeness (QED) is 0.593. The lowest BCUT2D eigenvalue weighted by Crippen LogP contribution is -2.47. The average Bonchev–Trinajstić information content (AvgIpc) is 3.46. The van der Waals surface area contributed by atoms with Crippen molar-refractivity contribution >= 4 is 29.3 Å². The number of hydrogen-bond donors (Lipinski definition) is 0. The van der Waals surface area contributed by atoms with Crippen molar-refractivity contribution in [3.05, 3.63) is 64.9 Å². The van der Waals surface area contributed by atoms with Crippen LogP contribution in [-0.2, 0) is 19.8 Å². The molecule has 0 bridgehead atoms. The van der Waals surface area contributed by atoms with Gasteiger partial charge in [0.1, 0.15) is 0 Å². The highest BCUT2D eigenvalue weighted by Crippen LogP contribution is 2.45. The Labute approximate surface area is 205 Å². The van der Waals surface area contributed by atoms with Crippen LogP contribution in [0.3, 0.4) is 0 Å². The van der Waals surface area contributed by atoms with Crippen molar-refractivity contribution in [2.75, 3.05) is 13.1 Å². The molecule has 3 fully saturated rings. The summed E-state index contributed by atoms with van der Waals surface area (Å²) in [6, 6.07) is 11.2. The molecule has 3 heterocycles. The Balaban J connectivity index is 1.38. The summed E-state index contributed by atoms with van der Waals surface area (Å²) in [7, 11) is 0. The predicted molar refractivity (Wildman–Crippen MR) is 129 cm³/mol. The Morgan fingerprint density at radius 2 is 1.68 bits per heavy atom. The predicted octanol–water partition coefficient (Wildman–Crippen LogP) is 4.47. The molecule has 0 spiro atoms. The zero-order valence-electron chi connectivity index (χ0n) is 19.3. The topological polar surface area (TPSA) is 70.6 Å². The summed E-state index contributed by atoms with van der Waals surface area (Å²) in [4.78, 5) is 48.0. The maximum atomic E-state index is 13.9. The number of nitrogens with zero attached hydrogens (tertiary/aromatic N) is 3. The fourth-order valence-corrected chi connectivity index (χ4v) is 6.37. The van der Waals surface area contributed by atoms with Gasteiger partial charge in [0, 0.05) is 49.4 Å². The zero-order valence-corrected chi connectivity index (χ0v) is 20.0. The van der Waals surface area contributed by atoms with Gasteiger partial charge < -0.3 is 4.90 Å². The van der Waals surface area contributed by atoms with Gasteiger partial charge in [-0.3, -0.25) is 24.3 Å². The highest BCUT2D eigenvalue weighted by molar-refractivity contribution is 6.32. The Bertz CT molecular complexity index is 1080. The van der Waals surface area contributed by atoms with Crippen molar-refractivity contribution in [2.45, 2.75) is 68.7 Å². The van der Waals surface area contributed by atoms with Gasteiger partial charge in [0.2, 0.25) is 17.7 Å². The smallest absolute Gasteiger partial charge is 0.241 e. The first kappa shape index (κ1) is 23.0. The summed E-state index contributed by atoms with van der Waals surface area (Å²) in [5, 5.41) is 0.432. The number of piperidine rings is 1. The van der Waals surface area contributed by atoms with Crippen molar-refractivity contribution in [3.63, 3.8) is 0 Å². The largest absolute Gasteiger partial charge is 0.343 e. The maximum Gasteiger partial charge on any atom is 0.241 e. The molecule has 3 amide bonds. The van der Waals surface area contributed by atoms with Crippen LogP contribution in [0.4, 0.5) is 0 Å². The van der Waals surface area contributed by atoms with Gasteiger partial charge in [-0.15, -0.1) is 0 Å². The maximum absolute atomic E-state index is 13.9. The number of likely N-dealkylation sites (tertiary alicyclic amines) is 2. The number of aromatic nitrogens is 1. The molecule has 0 N–H and O–H groups in total. The lowest BCUT2D eigenvalue weighted by Gasteiger charge is -2.35. The van der Waals surface area contributed by atoms with Crippen LogP contribution < -0.4 is 0 Å². The fourth-order valence-electron chi connectivity index (χ4n) is 6.06. The molecule has 1 saturated carbocycles. The van der Waals surface area contributed by atoms with Gasteiger partial charge in [-0.25, -0.2) is 0 Å². The van der Waals surface area contributed by atoms with Crippen LogP contribution in [0.25, 0.3) is 0 Å². The van der Waals surface area contributed by atoms with E-state index in [4.69, 9.17) is 11.6 Å². The molecule has 2 aromatic rings. The van der Waals surface area contributed by atoms with Crippen LogP contribution in [0, 0.1) is 0 Å². The summed E-state index contributed by atoms with van der Waals surface area (Å²) in [6.07, 6.45) is 9.05. The summed E-state index contributed by atoms with van der Waals surface area (Å²) >= 11 is 6.56. The van der Waals surface area contributed by atoms with E-state index in [0.717, 1.165) is 38.5 Å². The van der Waals surface area contributed by atoms with Gasteiger partial charge in [-0.2, -0.15) is 0 Å². The summed E-state index contributed by atoms with van der Waals surface area (Å²) in [5.41, 5.74) is 0.616. The summed E-state index contributed by atoms with van der Waals surface area (Å²) in [5.74, 6) is -0.113. The molecule has 1 aliphatic carbocycles. The average molecular weight is 480 g/mol. The van der Waals surface area contributed by atoms with Crippen molar-refractivity contribution in [1.29, 1.82) is 0 Å². The lowest BCUT2D eigenvalue weighted by atomic mass is 9.75. The summed E-state index contributed by atoms with van der Waals surface area (Å²) < 4.78 is 0. The lowest BCUT2D eigenvalue weighted by molar-refractivity contribution is -0.145. The molecule has 178 valence electrons. The highest BCUT2D eigenvalue weighted by atomic mass is 35.5. The number of carbonyl (C=O) groups is 3. The van der Waals surface area contributed by atoms with Crippen LogP contribution in [0.15, 0.2) is 48.8 Å². The molecule has 2 saturated heterocycles. The Hall–Kier alpha value is -2.73. The summed E-state index contributed by atoms with van der Waals surface area (Å²) in [6.45, 7) is 1.28. The van der Waals surface area contributed by atoms with E-state index in [1.165, 1.54) is 10.5 Å². The number of hydrogen-bond acceptors (Lipinski definition) is 4. The van der Waals surface area contributed by atoms with E-state index in [0.29, 0.717) is 29.6 Å². The second-order valence-corrected chi connectivity index (χ2v) is 10.3. The van der Waals surface area contributed by atoms with Gasteiger partial charge in [0.05, 0.1) is 5.41 Å². The van der Waals surface area contributed by atoms with Crippen LogP contribution in [-0.4, -0.2) is 51.6 Å². The van der Waals surface area contributed by atoms with E-state index in [1.807, 2.05) is 23.1 Å². The molecule has 1 atom stereocenters. The van der Waals surface area contributed by atoms with Crippen LogP contribution in [0.2, 0.25) is 5.02 Å². The molecular weight excluding hydrogens is 450 g/mol. The second kappa shape index (κ2) is 9.49. The highest BCUT2D eigenvalue weighted by Gasteiger charge is 2.56. The molecule has 1 aromatic heterocycles. The van der Waals surface area contributed by atoms with E-state index in [-0.39, 0.29) is 36.6 Å². The minimum Gasteiger partial charge on any atom is -0.343 e. The molecule has 1 aromatic carbocycles. The van der Waals surface area contributed by atoms with Gasteiger partial charge >= 0.3 is 0 Å². The first-order valence-corrected chi connectivity index (χ1v) is 12.7. The SMILES string of the molecule is O=C(C[C@@]1(c2ccccc2Cl)CC(=O)N(C2CCCC2)C1=O)N1CCC(c2ccncc2)CC1. The van der Waals surface area contributed by atoms with Gasteiger partial charge in [0.25, 0.3) is 0 Å². The van der Waals surface area contributed by atoms with E-state index < -0.39 is 5.41 Å². The minimum absolute atomic E-state index is 0.00525. The zero-order chi connectivity index (χ0) is 23.7. The molecule has 6 nitrogen and oxygen atoms in total. The first-order chi connectivity index (χ1) is 16.5. The van der Waals surface area contributed by atoms with Crippen LogP contribution >= 0.6 is 11.6 Å². The van der Waals surface area contributed by atoms with E-state index in [1.54, 1.807) is 30.6 Å². The molecule has 2 aliphatic heterocycles. The Kier molecular flexibility index (Phi) is 6.43. The van der Waals surface area contributed by atoms with E-state index in [9.17, 15) is 14.4 Å². The number of pyridine rings is 1. The van der Waals surface area contributed by atoms with E-state index in [2.05, 4.69) is 4.98 Å². The molecular formula is C27H30ClN3O3. The van der Waals surface area contributed by atoms with Crippen molar-refractivity contribution in [1.82, 2.24) is 14.8 Å². The fraction of sp³-hybridized carbons (Fsp3) is 0.481. The molecule has 5 rings (SSSR count). The Morgan fingerprint density at radius 3 is 2.35 bits per heavy atom. The first-order valence-electron chi connectivity index (χ1n) is 12.3. The third kappa shape index (κ3) is 4.13. The van der Waals surface area contributed by atoms with Gasteiger partial charge in [-0.1, -0.05) is 42.6 Å². The van der Waals surface area contributed by atoms with Crippen molar-refractivity contribution in [3.8, 4) is 0 Å². The third-order valence-corrected chi connectivity index (χ3v) is 8.24. The number of imide groups is 1. The second-order valence-electron chi connectivity index (χ2n) is 9.86. The van der Waals surface area contributed by atoms with Crippen LogP contribution in [0.1, 0.15) is 68.4 Å². The van der Waals surface area contributed by atoms with Crippen LogP contribution in [0.5, 0.6) is 0 Å².